The van der Waals surface area contributed by atoms with Crippen molar-refractivity contribution in [3.63, 3.8) is 0 Å². The molecule has 0 radical (unpaired) electrons. The number of hydrogen-bond donors (Lipinski definition) is 1. The van der Waals surface area contributed by atoms with Gasteiger partial charge in [0.2, 0.25) is 0 Å². The summed E-state index contributed by atoms with van der Waals surface area (Å²) in [4.78, 5) is 13.9. The molecule has 110 valence electrons. The lowest BCUT2D eigenvalue weighted by Gasteiger charge is -2.39. The normalized spacial score (nSPS) is 22.9. The fourth-order valence-electron chi connectivity index (χ4n) is 2.71. The molecule has 1 saturated heterocycles. The Morgan fingerprint density at radius 3 is 2.50 bits per heavy atom. The number of nitrogens with zero attached hydrogens (tertiary/aromatic N) is 1. The number of benzene rings is 1. The minimum absolute atomic E-state index is 0.160. The predicted octanol–water partition coefficient (Wildman–Crippen LogP) is 2.30. The second kappa shape index (κ2) is 5.83. The highest BCUT2D eigenvalue weighted by molar-refractivity contribution is 5.94. The van der Waals surface area contributed by atoms with E-state index in [9.17, 15) is 18.0 Å². The molecule has 1 aliphatic rings. The fraction of sp³-hybridized carbons (Fsp3) is 0.500. The van der Waals surface area contributed by atoms with Gasteiger partial charge in [-0.3, -0.25) is 4.79 Å². The molecule has 1 aliphatic heterocycles. The van der Waals surface area contributed by atoms with E-state index in [1.54, 1.807) is 0 Å². The minimum atomic E-state index is -1.57. The van der Waals surface area contributed by atoms with Gasteiger partial charge in [0.15, 0.2) is 17.5 Å². The second-order valence-corrected chi connectivity index (χ2v) is 5.17. The number of rotatable bonds is 2. The van der Waals surface area contributed by atoms with Crippen molar-refractivity contribution in [3.8, 4) is 0 Å². The van der Waals surface area contributed by atoms with E-state index in [1.165, 1.54) is 4.90 Å². The number of hydrogen-bond acceptors (Lipinski definition) is 2. The summed E-state index contributed by atoms with van der Waals surface area (Å²) in [5.41, 5.74) is 5.50. The van der Waals surface area contributed by atoms with E-state index in [4.69, 9.17) is 5.73 Å². The van der Waals surface area contributed by atoms with Crippen molar-refractivity contribution in [1.29, 1.82) is 0 Å². The van der Waals surface area contributed by atoms with Gasteiger partial charge in [0.05, 0.1) is 0 Å². The van der Waals surface area contributed by atoms with Crippen molar-refractivity contribution >= 4 is 5.91 Å². The van der Waals surface area contributed by atoms with Crippen LogP contribution in [0.4, 0.5) is 13.2 Å². The highest BCUT2D eigenvalue weighted by atomic mass is 19.2. The zero-order valence-corrected chi connectivity index (χ0v) is 11.2. The van der Waals surface area contributed by atoms with Crippen molar-refractivity contribution < 1.29 is 18.0 Å². The Bertz CT molecular complexity index is 498. The van der Waals surface area contributed by atoms with Crippen LogP contribution in [0.25, 0.3) is 0 Å². The summed E-state index contributed by atoms with van der Waals surface area (Å²) >= 11 is 0. The van der Waals surface area contributed by atoms with Gasteiger partial charge in [-0.1, -0.05) is 6.92 Å². The van der Waals surface area contributed by atoms with Crippen molar-refractivity contribution in [2.45, 2.75) is 25.8 Å². The standard InChI is InChI=1S/C14H17F3N2O/c1-8-3-2-4-19(12(8)7-18)14(20)9-5-10(15)13(17)11(16)6-9/h5-6,8,12H,2-4,7,18H2,1H3. The SMILES string of the molecule is CC1CCCN(C(=O)c2cc(F)c(F)c(F)c2)C1CN. The van der Waals surface area contributed by atoms with Crippen LogP contribution in [0.2, 0.25) is 0 Å². The van der Waals surface area contributed by atoms with E-state index < -0.39 is 23.4 Å². The molecule has 1 heterocycles. The smallest absolute Gasteiger partial charge is 0.254 e. The number of amides is 1. The van der Waals surface area contributed by atoms with E-state index in [2.05, 4.69) is 0 Å². The van der Waals surface area contributed by atoms with E-state index >= 15 is 0 Å². The zero-order valence-electron chi connectivity index (χ0n) is 11.2. The average Bonchev–Trinajstić information content (AvgIpc) is 2.43. The average molecular weight is 286 g/mol. The highest BCUT2D eigenvalue weighted by Gasteiger charge is 2.32. The Hall–Kier alpha value is -1.56. The Labute approximate surface area is 115 Å². The maximum atomic E-state index is 13.2. The van der Waals surface area contributed by atoms with E-state index in [0.717, 1.165) is 25.0 Å². The summed E-state index contributed by atoms with van der Waals surface area (Å²) < 4.78 is 39.4. The minimum Gasteiger partial charge on any atom is -0.334 e. The maximum absolute atomic E-state index is 13.2. The van der Waals surface area contributed by atoms with Crippen LogP contribution in [-0.2, 0) is 0 Å². The monoisotopic (exact) mass is 286 g/mol. The number of carbonyl (C=O) groups excluding carboxylic acids is 1. The first-order chi connectivity index (χ1) is 9.45. The lowest BCUT2D eigenvalue weighted by Crippen LogP contribution is -2.51. The van der Waals surface area contributed by atoms with Gasteiger partial charge in [0.1, 0.15) is 0 Å². The first-order valence-corrected chi connectivity index (χ1v) is 6.61. The second-order valence-electron chi connectivity index (χ2n) is 5.17. The van der Waals surface area contributed by atoms with Crippen molar-refractivity contribution in [3.05, 3.63) is 35.1 Å². The quantitative estimate of drug-likeness (QED) is 0.848. The van der Waals surface area contributed by atoms with Gasteiger partial charge in [-0.15, -0.1) is 0 Å². The molecule has 1 aromatic carbocycles. The van der Waals surface area contributed by atoms with Crippen LogP contribution in [0.1, 0.15) is 30.1 Å². The summed E-state index contributed by atoms with van der Waals surface area (Å²) in [5.74, 6) is -4.56. The molecule has 0 aliphatic carbocycles. The number of halogens is 3. The maximum Gasteiger partial charge on any atom is 0.254 e. The lowest BCUT2D eigenvalue weighted by atomic mass is 9.90. The fourth-order valence-corrected chi connectivity index (χ4v) is 2.71. The molecule has 0 bridgehead atoms. The Morgan fingerprint density at radius 1 is 1.35 bits per heavy atom. The molecule has 2 N–H and O–H groups in total. The van der Waals surface area contributed by atoms with Gasteiger partial charge in [0.25, 0.3) is 5.91 Å². The van der Waals surface area contributed by atoms with E-state index in [1.807, 2.05) is 6.92 Å². The van der Waals surface area contributed by atoms with Crippen LogP contribution < -0.4 is 5.73 Å². The zero-order chi connectivity index (χ0) is 14.9. The number of piperidine rings is 1. The molecular formula is C14H17F3N2O. The molecule has 0 aromatic heterocycles. The first kappa shape index (κ1) is 14.8. The molecule has 20 heavy (non-hydrogen) atoms. The summed E-state index contributed by atoms with van der Waals surface area (Å²) in [6.07, 6.45) is 1.77. The number of carbonyl (C=O) groups is 1. The molecule has 2 atom stereocenters. The predicted molar refractivity (Wildman–Crippen MR) is 68.6 cm³/mol. The number of likely N-dealkylation sites (tertiary alicyclic amines) is 1. The van der Waals surface area contributed by atoms with Crippen LogP contribution in [-0.4, -0.2) is 29.9 Å². The van der Waals surface area contributed by atoms with E-state index in [-0.39, 0.29) is 17.5 Å². The van der Waals surface area contributed by atoms with Crippen molar-refractivity contribution in [1.82, 2.24) is 4.90 Å². The molecular weight excluding hydrogens is 269 g/mol. The van der Waals surface area contributed by atoms with Crippen LogP contribution >= 0.6 is 0 Å². The van der Waals surface area contributed by atoms with Gasteiger partial charge >= 0.3 is 0 Å². The molecule has 2 unspecified atom stereocenters. The van der Waals surface area contributed by atoms with Crippen LogP contribution in [0.5, 0.6) is 0 Å². The molecule has 1 aromatic rings. The third-order valence-corrected chi connectivity index (χ3v) is 3.85. The molecule has 0 spiro atoms. The van der Waals surface area contributed by atoms with Gasteiger partial charge in [-0.05, 0) is 30.9 Å². The largest absolute Gasteiger partial charge is 0.334 e. The Balaban J connectivity index is 2.30. The molecule has 0 saturated carbocycles. The summed E-state index contributed by atoms with van der Waals surface area (Å²) in [7, 11) is 0. The molecule has 6 heteroatoms. The third-order valence-electron chi connectivity index (χ3n) is 3.85. The molecule has 1 amide bonds. The highest BCUT2D eigenvalue weighted by Crippen LogP contribution is 2.25. The summed E-state index contributed by atoms with van der Waals surface area (Å²) in [6, 6.07) is 1.30. The third kappa shape index (κ3) is 2.65. The lowest BCUT2D eigenvalue weighted by molar-refractivity contribution is 0.0531. The van der Waals surface area contributed by atoms with Gasteiger partial charge < -0.3 is 10.6 Å². The summed E-state index contributed by atoms with van der Waals surface area (Å²) in [5, 5.41) is 0. The van der Waals surface area contributed by atoms with Crippen LogP contribution in [0.15, 0.2) is 12.1 Å². The Kier molecular flexibility index (Phi) is 4.32. The van der Waals surface area contributed by atoms with Crippen LogP contribution in [0, 0.1) is 23.4 Å². The first-order valence-electron chi connectivity index (χ1n) is 6.61. The van der Waals surface area contributed by atoms with Gasteiger partial charge in [-0.25, -0.2) is 13.2 Å². The Morgan fingerprint density at radius 2 is 1.95 bits per heavy atom. The summed E-state index contributed by atoms with van der Waals surface area (Å²) in [6.45, 7) is 2.77. The van der Waals surface area contributed by atoms with E-state index in [0.29, 0.717) is 13.1 Å². The van der Waals surface area contributed by atoms with Gasteiger partial charge in [-0.2, -0.15) is 0 Å². The van der Waals surface area contributed by atoms with Gasteiger partial charge in [0, 0.05) is 24.7 Å². The number of nitrogens with two attached hydrogens (primary N) is 1. The molecule has 2 rings (SSSR count). The van der Waals surface area contributed by atoms with Crippen LogP contribution in [0.3, 0.4) is 0 Å². The van der Waals surface area contributed by atoms with Crippen molar-refractivity contribution in [2.24, 2.45) is 11.7 Å². The molecule has 1 fully saturated rings. The molecule has 3 nitrogen and oxygen atoms in total. The topological polar surface area (TPSA) is 46.3 Å². The van der Waals surface area contributed by atoms with Crippen molar-refractivity contribution in [2.75, 3.05) is 13.1 Å².